The third kappa shape index (κ3) is 2.60. The predicted molar refractivity (Wildman–Crippen MR) is 67.8 cm³/mol. The van der Waals surface area contributed by atoms with Gasteiger partial charge in [-0.05, 0) is 31.4 Å². The van der Waals surface area contributed by atoms with E-state index < -0.39 is 0 Å². The third-order valence-electron chi connectivity index (χ3n) is 3.27. The molecule has 0 aliphatic heterocycles. The Morgan fingerprint density at radius 1 is 1.61 bits per heavy atom. The number of carbonyl (C=O) groups excluding carboxylic acids is 1. The van der Waals surface area contributed by atoms with Gasteiger partial charge in [0.2, 0.25) is 0 Å². The molecule has 0 atom stereocenters. The van der Waals surface area contributed by atoms with Gasteiger partial charge in [-0.2, -0.15) is 0 Å². The number of aromatic nitrogens is 1. The van der Waals surface area contributed by atoms with Crippen molar-refractivity contribution in [2.75, 3.05) is 18.6 Å². The number of aliphatic hydroxyl groups excluding tert-OH is 1. The third-order valence-corrected chi connectivity index (χ3v) is 3.27. The van der Waals surface area contributed by atoms with E-state index in [1.54, 1.807) is 23.2 Å². The van der Waals surface area contributed by atoms with E-state index in [9.17, 15) is 4.79 Å². The Hall–Kier alpha value is -1.66. The summed E-state index contributed by atoms with van der Waals surface area (Å²) in [5.41, 5.74) is 2.96. The molecule has 1 saturated carbocycles. The molecule has 0 unspecified atom stereocenters. The standard InChI is InChI=1S/C12H18N4O2/c13-15-11-8-9(4-5-14-11)12(18)16(6-7-17)10-2-1-3-10/h4-5,8,10,17H,1-3,6-7,13H2,(H,14,15). The zero-order valence-corrected chi connectivity index (χ0v) is 10.2. The van der Waals surface area contributed by atoms with Crippen molar-refractivity contribution in [1.82, 2.24) is 9.88 Å². The summed E-state index contributed by atoms with van der Waals surface area (Å²) in [7, 11) is 0. The lowest BCUT2D eigenvalue weighted by Gasteiger charge is -2.37. The minimum Gasteiger partial charge on any atom is -0.395 e. The van der Waals surface area contributed by atoms with Crippen molar-refractivity contribution >= 4 is 11.7 Å². The molecular formula is C12H18N4O2. The van der Waals surface area contributed by atoms with E-state index in [1.807, 2.05) is 0 Å². The summed E-state index contributed by atoms with van der Waals surface area (Å²) < 4.78 is 0. The van der Waals surface area contributed by atoms with Gasteiger partial charge >= 0.3 is 0 Å². The van der Waals surface area contributed by atoms with E-state index in [0.29, 0.717) is 17.9 Å². The van der Waals surface area contributed by atoms with Crippen LogP contribution in [0.3, 0.4) is 0 Å². The van der Waals surface area contributed by atoms with Crippen LogP contribution >= 0.6 is 0 Å². The molecule has 1 aromatic rings. The molecule has 0 radical (unpaired) electrons. The van der Waals surface area contributed by atoms with Gasteiger partial charge in [0.05, 0.1) is 6.61 Å². The van der Waals surface area contributed by atoms with Crippen LogP contribution in [0.1, 0.15) is 29.6 Å². The molecule has 2 rings (SSSR count). The summed E-state index contributed by atoms with van der Waals surface area (Å²) in [5, 5.41) is 9.06. The van der Waals surface area contributed by atoms with Crippen molar-refractivity contribution < 1.29 is 9.90 Å². The molecule has 4 N–H and O–H groups in total. The molecule has 0 aromatic carbocycles. The van der Waals surface area contributed by atoms with Gasteiger partial charge in [-0.15, -0.1) is 0 Å². The molecule has 1 aliphatic carbocycles. The molecule has 1 aromatic heterocycles. The Morgan fingerprint density at radius 2 is 2.39 bits per heavy atom. The lowest BCUT2D eigenvalue weighted by Crippen LogP contribution is -2.45. The highest BCUT2D eigenvalue weighted by atomic mass is 16.3. The summed E-state index contributed by atoms with van der Waals surface area (Å²) in [6, 6.07) is 3.53. The fourth-order valence-electron chi connectivity index (χ4n) is 2.06. The molecule has 0 saturated heterocycles. The molecular weight excluding hydrogens is 232 g/mol. The lowest BCUT2D eigenvalue weighted by molar-refractivity contribution is 0.0526. The number of nitrogen functional groups attached to an aromatic ring is 1. The quantitative estimate of drug-likeness (QED) is 0.518. The number of pyridine rings is 1. The number of nitrogens with zero attached hydrogens (tertiary/aromatic N) is 2. The van der Waals surface area contributed by atoms with Crippen molar-refractivity contribution in [1.29, 1.82) is 0 Å². The fraction of sp³-hybridized carbons (Fsp3) is 0.500. The molecule has 6 nitrogen and oxygen atoms in total. The van der Waals surface area contributed by atoms with Crippen LogP contribution in [-0.2, 0) is 0 Å². The summed E-state index contributed by atoms with van der Waals surface area (Å²) in [4.78, 5) is 18.1. The maximum absolute atomic E-state index is 12.4. The van der Waals surface area contributed by atoms with Crippen molar-refractivity contribution in [3.8, 4) is 0 Å². The van der Waals surface area contributed by atoms with E-state index in [0.717, 1.165) is 19.3 Å². The molecule has 18 heavy (non-hydrogen) atoms. The van der Waals surface area contributed by atoms with E-state index in [2.05, 4.69) is 10.4 Å². The van der Waals surface area contributed by atoms with Crippen molar-refractivity contribution in [3.63, 3.8) is 0 Å². The smallest absolute Gasteiger partial charge is 0.254 e. The Balaban J connectivity index is 2.15. The highest BCUT2D eigenvalue weighted by Gasteiger charge is 2.29. The second-order valence-corrected chi connectivity index (χ2v) is 4.38. The normalized spacial score (nSPS) is 15.0. The van der Waals surface area contributed by atoms with Gasteiger partial charge in [0.15, 0.2) is 0 Å². The van der Waals surface area contributed by atoms with Gasteiger partial charge in [0, 0.05) is 24.3 Å². The second kappa shape index (κ2) is 5.79. The Morgan fingerprint density at radius 3 is 2.94 bits per heavy atom. The SMILES string of the molecule is NNc1cc(C(=O)N(CCO)C2CCC2)ccn1. The fourth-order valence-corrected chi connectivity index (χ4v) is 2.06. The Bertz CT molecular complexity index is 420. The largest absolute Gasteiger partial charge is 0.395 e. The van der Waals surface area contributed by atoms with Gasteiger partial charge in [0.25, 0.3) is 5.91 Å². The highest BCUT2D eigenvalue weighted by Crippen LogP contribution is 2.26. The topological polar surface area (TPSA) is 91.5 Å². The summed E-state index contributed by atoms with van der Waals surface area (Å²) >= 11 is 0. The molecule has 1 heterocycles. The van der Waals surface area contributed by atoms with E-state index >= 15 is 0 Å². The maximum atomic E-state index is 12.4. The first-order chi connectivity index (χ1) is 8.76. The van der Waals surface area contributed by atoms with Crippen molar-refractivity contribution in [2.24, 2.45) is 5.84 Å². The number of nitrogens with one attached hydrogen (secondary N) is 1. The predicted octanol–water partition coefficient (Wildman–Crippen LogP) is 0.354. The van der Waals surface area contributed by atoms with Gasteiger partial charge in [-0.25, -0.2) is 10.8 Å². The molecule has 1 aliphatic rings. The van der Waals surface area contributed by atoms with Crippen molar-refractivity contribution in [2.45, 2.75) is 25.3 Å². The van der Waals surface area contributed by atoms with E-state index in [-0.39, 0.29) is 18.6 Å². The van der Waals surface area contributed by atoms with Gasteiger partial charge in [-0.3, -0.25) is 4.79 Å². The second-order valence-electron chi connectivity index (χ2n) is 4.38. The number of hydrogen-bond donors (Lipinski definition) is 3. The summed E-state index contributed by atoms with van der Waals surface area (Å²) in [5.74, 6) is 5.65. The van der Waals surface area contributed by atoms with Gasteiger partial charge in [0.1, 0.15) is 5.82 Å². The molecule has 98 valence electrons. The first-order valence-electron chi connectivity index (χ1n) is 6.10. The van der Waals surface area contributed by atoms with Gasteiger partial charge < -0.3 is 15.4 Å². The lowest BCUT2D eigenvalue weighted by atomic mass is 9.91. The van der Waals surface area contributed by atoms with Crippen LogP contribution in [0, 0.1) is 0 Å². The zero-order chi connectivity index (χ0) is 13.0. The van der Waals surface area contributed by atoms with Crippen LogP contribution in [0.25, 0.3) is 0 Å². The maximum Gasteiger partial charge on any atom is 0.254 e. The number of amides is 1. The molecule has 0 spiro atoms. The Labute approximate surface area is 106 Å². The number of hydrogen-bond acceptors (Lipinski definition) is 5. The number of nitrogens with two attached hydrogens (primary N) is 1. The molecule has 6 heteroatoms. The first kappa shape index (κ1) is 12.8. The first-order valence-corrected chi connectivity index (χ1v) is 6.10. The summed E-state index contributed by atoms with van der Waals surface area (Å²) in [6.45, 7) is 0.354. The highest BCUT2D eigenvalue weighted by molar-refractivity contribution is 5.95. The Kier molecular flexibility index (Phi) is 4.11. The average molecular weight is 250 g/mol. The average Bonchev–Trinajstić information content (AvgIpc) is 2.35. The van der Waals surface area contributed by atoms with Gasteiger partial charge in [-0.1, -0.05) is 0 Å². The minimum atomic E-state index is -0.0762. The van der Waals surface area contributed by atoms with E-state index in [4.69, 9.17) is 10.9 Å². The van der Waals surface area contributed by atoms with Crippen molar-refractivity contribution in [3.05, 3.63) is 23.9 Å². The zero-order valence-electron chi connectivity index (χ0n) is 10.2. The van der Waals surface area contributed by atoms with Crippen LogP contribution in [0.4, 0.5) is 5.82 Å². The van der Waals surface area contributed by atoms with Crippen LogP contribution in [0.15, 0.2) is 18.3 Å². The number of anilines is 1. The van der Waals surface area contributed by atoms with Crippen LogP contribution in [0.2, 0.25) is 0 Å². The number of carbonyl (C=O) groups is 1. The van der Waals surface area contributed by atoms with Crippen LogP contribution < -0.4 is 11.3 Å². The van der Waals surface area contributed by atoms with Crippen LogP contribution in [-0.4, -0.2) is 40.1 Å². The van der Waals surface area contributed by atoms with Crippen LogP contribution in [0.5, 0.6) is 0 Å². The number of aliphatic hydroxyl groups is 1. The molecule has 1 fully saturated rings. The monoisotopic (exact) mass is 250 g/mol. The van der Waals surface area contributed by atoms with E-state index in [1.165, 1.54) is 0 Å². The summed E-state index contributed by atoms with van der Waals surface area (Å²) in [6.07, 6.45) is 4.71. The minimum absolute atomic E-state index is 0.0185. The molecule has 1 amide bonds. The molecule has 0 bridgehead atoms. The number of rotatable bonds is 5. The number of hydrazine groups is 1.